The molecule has 0 saturated carbocycles. The number of nitrogens with zero attached hydrogens (tertiary/aromatic N) is 1. The third-order valence-corrected chi connectivity index (χ3v) is 5.79. The van der Waals surface area contributed by atoms with Crippen molar-refractivity contribution < 1.29 is 27.4 Å². The standard InChI is InChI=1S/C22H30N2O6S/c1-6-21(30-20-9-7-17(8-10-20)24(3)31(5,26)27)22(25)23-16(2)15-29-19-13-11-18(28-4)12-14-19/h7-14,16,21H,6,15H2,1-5H3,(H,23,25)/t16-,21-/m0/s1. The molecule has 8 nitrogen and oxygen atoms in total. The van der Waals surface area contributed by atoms with Crippen molar-refractivity contribution in [2.75, 3.05) is 31.3 Å². The summed E-state index contributed by atoms with van der Waals surface area (Å²) >= 11 is 0. The molecule has 9 heteroatoms. The van der Waals surface area contributed by atoms with Crippen molar-refractivity contribution in [1.29, 1.82) is 0 Å². The van der Waals surface area contributed by atoms with Crippen LogP contribution in [0.5, 0.6) is 17.2 Å². The molecule has 0 aliphatic rings. The molecule has 170 valence electrons. The molecule has 0 saturated heterocycles. The van der Waals surface area contributed by atoms with Crippen molar-refractivity contribution in [3.63, 3.8) is 0 Å². The van der Waals surface area contributed by atoms with Crippen molar-refractivity contribution in [2.45, 2.75) is 32.4 Å². The molecular weight excluding hydrogens is 420 g/mol. The molecule has 1 N–H and O–H groups in total. The molecule has 0 radical (unpaired) electrons. The molecule has 0 fully saturated rings. The van der Waals surface area contributed by atoms with Gasteiger partial charge in [-0.2, -0.15) is 0 Å². The van der Waals surface area contributed by atoms with Crippen LogP contribution in [0.3, 0.4) is 0 Å². The second-order valence-electron chi connectivity index (χ2n) is 7.14. The first-order valence-electron chi connectivity index (χ1n) is 9.92. The molecule has 0 aliphatic heterocycles. The molecule has 0 bridgehead atoms. The lowest BCUT2D eigenvalue weighted by Crippen LogP contribution is -2.44. The molecule has 2 rings (SSSR count). The molecule has 0 heterocycles. The lowest BCUT2D eigenvalue weighted by Gasteiger charge is -2.21. The van der Waals surface area contributed by atoms with E-state index in [0.717, 1.165) is 12.0 Å². The summed E-state index contributed by atoms with van der Waals surface area (Å²) in [7, 11) is -0.268. The van der Waals surface area contributed by atoms with Gasteiger partial charge in [-0.1, -0.05) is 6.92 Å². The molecule has 0 unspecified atom stereocenters. The van der Waals surface area contributed by atoms with E-state index in [1.807, 2.05) is 13.8 Å². The third kappa shape index (κ3) is 7.36. The van der Waals surface area contributed by atoms with Gasteiger partial charge in [-0.25, -0.2) is 8.42 Å². The highest BCUT2D eigenvalue weighted by Gasteiger charge is 2.21. The summed E-state index contributed by atoms with van der Waals surface area (Å²) in [6.07, 6.45) is 0.930. The summed E-state index contributed by atoms with van der Waals surface area (Å²) in [6.45, 7) is 4.01. The fourth-order valence-electron chi connectivity index (χ4n) is 2.68. The van der Waals surface area contributed by atoms with Gasteiger partial charge in [0.15, 0.2) is 6.10 Å². The van der Waals surface area contributed by atoms with Crippen LogP contribution >= 0.6 is 0 Å². The molecule has 2 atom stereocenters. The van der Waals surface area contributed by atoms with E-state index in [1.165, 1.54) is 11.4 Å². The Kier molecular flexibility index (Phi) is 8.56. The van der Waals surface area contributed by atoms with E-state index in [9.17, 15) is 13.2 Å². The van der Waals surface area contributed by atoms with Crippen molar-refractivity contribution in [3.8, 4) is 17.2 Å². The maximum atomic E-state index is 12.6. The monoisotopic (exact) mass is 450 g/mol. The predicted molar refractivity (Wildman–Crippen MR) is 120 cm³/mol. The Morgan fingerprint density at radius 2 is 1.58 bits per heavy atom. The SMILES string of the molecule is CC[C@H](Oc1ccc(N(C)S(C)(=O)=O)cc1)C(=O)N[C@@H](C)COc1ccc(OC)cc1. The number of hydrogen-bond donors (Lipinski definition) is 1. The normalized spacial score (nSPS) is 13.1. The molecule has 0 spiro atoms. The molecule has 2 aromatic rings. The van der Waals surface area contributed by atoms with Gasteiger partial charge >= 0.3 is 0 Å². The van der Waals surface area contributed by atoms with Crippen LogP contribution in [0.4, 0.5) is 5.69 Å². The number of anilines is 1. The zero-order chi connectivity index (χ0) is 23.0. The first kappa shape index (κ1) is 24.3. The molecule has 0 aliphatic carbocycles. The van der Waals surface area contributed by atoms with Crippen LogP contribution in [0.25, 0.3) is 0 Å². The maximum absolute atomic E-state index is 12.6. The van der Waals surface area contributed by atoms with Crippen LogP contribution in [-0.2, 0) is 14.8 Å². The minimum Gasteiger partial charge on any atom is -0.497 e. The fourth-order valence-corrected chi connectivity index (χ4v) is 3.19. The van der Waals surface area contributed by atoms with Crippen LogP contribution < -0.4 is 23.8 Å². The Hall–Kier alpha value is -2.94. The lowest BCUT2D eigenvalue weighted by molar-refractivity contribution is -0.128. The van der Waals surface area contributed by atoms with E-state index in [0.29, 0.717) is 30.2 Å². The smallest absolute Gasteiger partial charge is 0.261 e. The van der Waals surface area contributed by atoms with Crippen LogP contribution in [0.2, 0.25) is 0 Å². The van der Waals surface area contributed by atoms with Gasteiger partial charge in [0.1, 0.15) is 23.9 Å². The Balaban J connectivity index is 1.89. The first-order valence-corrected chi connectivity index (χ1v) is 11.8. The van der Waals surface area contributed by atoms with Crippen molar-refractivity contribution in [2.24, 2.45) is 0 Å². The second-order valence-corrected chi connectivity index (χ2v) is 9.15. The highest BCUT2D eigenvalue weighted by molar-refractivity contribution is 7.92. The number of carbonyl (C=O) groups excluding carboxylic acids is 1. The number of carbonyl (C=O) groups is 1. The van der Waals surface area contributed by atoms with Gasteiger partial charge < -0.3 is 19.5 Å². The van der Waals surface area contributed by atoms with Gasteiger partial charge in [-0.3, -0.25) is 9.10 Å². The van der Waals surface area contributed by atoms with Crippen molar-refractivity contribution >= 4 is 21.6 Å². The van der Waals surface area contributed by atoms with Crippen LogP contribution in [0.1, 0.15) is 20.3 Å². The van der Waals surface area contributed by atoms with Crippen LogP contribution in [0, 0.1) is 0 Å². The maximum Gasteiger partial charge on any atom is 0.261 e. The summed E-state index contributed by atoms with van der Waals surface area (Å²) < 4.78 is 41.0. The highest BCUT2D eigenvalue weighted by Crippen LogP contribution is 2.22. The van der Waals surface area contributed by atoms with E-state index >= 15 is 0 Å². The van der Waals surface area contributed by atoms with E-state index in [-0.39, 0.29) is 11.9 Å². The average Bonchev–Trinajstić information content (AvgIpc) is 2.75. The topological polar surface area (TPSA) is 94.2 Å². The quantitative estimate of drug-likeness (QED) is 0.566. The number of rotatable bonds is 11. The van der Waals surface area contributed by atoms with Gasteiger partial charge in [-0.15, -0.1) is 0 Å². The van der Waals surface area contributed by atoms with E-state index in [1.54, 1.807) is 55.6 Å². The summed E-state index contributed by atoms with van der Waals surface area (Å²) in [5.41, 5.74) is 0.511. The Bertz CT molecular complexity index is 945. The zero-order valence-electron chi connectivity index (χ0n) is 18.5. The van der Waals surface area contributed by atoms with E-state index < -0.39 is 16.1 Å². The number of ether oxygens (including phenoxy) is 3. The van der Waals surface area contributed by atoms with Gasteiger partial charge in [0.2, 0.25) is 10.0 Å². The number of hydrogen-bond acceptors (Lipinski definition) is 6. The summed E-state index contributed by atoms with van der Waals surface area (Å²) in [5.74, 6) is 1.66. The van der Waals surface area contributed by atoms with Gasteiger partial charge in [-0.05, 0) is 61.9 Å². The highest BCUT2D eigenvalue weighted by atomic mass is 32.2. The number of amides is 1. The lowest BCUT2D eigenvalue weighted by atomic mass is 10.2. The molecule has 31 heavy (non-hydrogen) atoms. The van der Waals surface area contributed by atoms with Crippen LogP contribution in [0.15, 0.2) is 48.5 Å². The largest absolute Gasteiger partial charge is 0.497 e. The number of sulfonamides is 1. The summed E-state index contributed by atoms with van der Waals surface area (Å²) in [4.78, 5) is 12.6. The van der Waals surface area contributed by atoms with Crippen molar-refractivity contribution in [3.05, 3.63) is 48.5 Å². The molecule has 0 aromatic heterocycles. The zero-order valence-corrected chi connectivity index (χ0v) is 19.3. The minimum atomic E-state index is -3.34. The summed E-state index contributed by atoms with van der Waals surface area (Å²) in [5, 5.41) is 2.89. The average molecular weight is 451 g/mol. The molecular formula is C22H30N2O6S. The number of methoxy groups -OCH3 is 1. The Morgan fingerprint density at radius 1 is 1.03 bits per heavy atom. The molecule has 1 amide bonds. The Labute approximate surface area is 184 Å². The fraction of sp³-hybridized carbons (Fsp3) is 0.409. The second kappa shape index (κ2) is 10.9. The van der Waals surface area contributed by atoms with E-state index in [2.05, 4.69) is 5.32 Å². The molecule has 2 aromatic carbocycles. The minimum absolute atomic E-state index is 0.224. The Morgan fingerprint density at radius 3 is 2.10 bits per heavy atom. The third-order valence-electron chi connectivity index (χ3n) is 4.59. The van der Waals surface area contributed by atoms with Crippen molar-refractivity contribution in [1.82, 2.24) is 5.32 Å². The number of benzene rings is 2. The predicted octanol–water partition coefficient (Wildman–Crippen LogP) is 2.83. The van der Waals surface area contributed by atoms with Gasteiger partial charge in [0.25, 0.3) is 5.91 Å². The van der Waals surface area contributed by atoms with Gasteiger partial charge in [0, 0.05) is 7.05 Å². The van der Waals surface area contributed by atoms with Gasteiger partial charge in [0.05, 0.1) is 25.1 Å². The summed E-state index contributed by atoms with van der Waals surface area (Å²) in [6, 6.07) is 13.5. The number of nitrogens with one attached hydrogen (secondary N) is 1. The van der Waals surface area contributed by atoms with Crippen LogP contribution in [-0.4, -0.2) is 53.5 Å². The first-order chi connectivity index (χ1) is 14.6. The van der Waals surface area contributed by atoms with E-state index in [4.69, 9.17) is 14.2 Å².